The lowest BCUT2D eigenvalue weighted by atomic mass is 10.1. The van der Waals surface area contributed by atoms with Gasteiger partial charge in [-0.3, -0.25) is 0 Å². The number of aromatic nitrogens is 4. The van der Waals surface area contributed by atoms with Crippen molar-refractivity contribution in [1.29, 1.82) is 0 Å². The van der Waals surface area contributed by atoms with Crippen molar-refractivity contribution in [2.45, 2.75) is 19.6 Å². The van der Waals surface area contributed by atoms with Crippen LogP contribution >= 0.6 is 0 Å². The Bertz CT molecular complexity index is 614. The standard InChI is InChI=1S/C13H16N4O4/c1-3-21-13(19)12-14-15-16-17(12)8-11(18)9-5-4-6-10(7-9)20-2/h4-7,11,18H,3,8H2,1-2H3. The third-order valence-corrected chi connectivity index (χ3v) is 2.81. The molecule has 112 valence electrons. The molecule has 1 unspecified atom stereocenters. The number of nitrogens with zero attached hydrogens (tertiary/aromatic N) is 4. The van der Waals surface area contributed by atoms with Crippen molar-refractivity contribution in [3.63, 3.8) is 0 Å². The van der Waals surface area contributed by atoms with Crippen LogP contribution in [0.25, 0.3) is 0 Å². The van der Waals surface area contributed by atoms with E-state index in [4.69, 9.17) is 9.47 Å². The number of ether oxygens (including phenoxy) is 2. The normalized spacial score (nSPS) is 12.0. The van der Waals surface area contributed by atoms with Gasteiger partial charge in [0.2, 0.25) is 0 Å². The van der Waals surface area contributed by atoms with Crippen molar-refractivity contribution in [2.24, 2.45) is 0 Å². The lowest BCUT2D eigenvalue weighted by Crippen LogP contribution is -2.18. The first-order chi connectivity index (χ1) is 10.2. The molecule has 0 bridgehead atoms. The smallest absolute Gasteiger partial charge is 0.378 e. The summed E-state index contributed by atoms with van der Waals surface area (Å²) in [6.07, 6.45) is -0.878. The Labute approximate surface area is 121 Å². The van der Waals surface area contributed by atoms with Crippen LogP contribution in [0.2, 0.25) is 0 Å². The molecule has 1 aromatic heterocycles. The predicted octanol–water partition coefficient (Wildman–Crippen LogP) is 0.592. The topological polar surface area (TPSA) is 99.4 Å². The fourth-order valence-corrected chi connectivity index (χ4v) is 1.79. The van der Waals surface area contributed by atoms with Gasteiger partial charge in [-0.25, -0.2) is 9.48 Å². The molecule has 21 heavy (non-hydrogen) atoms. The van der Waals surface area contributed by atoms with Gasteiger partial charge in [0.1, 0.15) is 5.75 Å². The van der Waals surface area contributed by atoms with Crippen LogP contribution in [-0.4, -0.2) is 45.0 Å². The van der Waals surface area contributed by atoms with Gasteiger partial charge in [-0.2, -0.15) is 0 Å². The third kappa shape index (κ3) is 3.54. The molecule has 1 aromatic carbocycles. The van der Waals surface area contributed by atoms with Crippen LogP contribution in [0.15, 0.2) is 24.3 Å². The number of benzene rings is 1. The van der Waals surface area contributed by atoms with E-state index in [0.717, 1.165) is 0 Å². The van der Waals surface area contributed by atoms with Crippen molar-refractivity contribution in [3.05, 3.63) is 35.7 Å². The summed E-state index contributed by atoms with van der Waals surface area (Å²) in [6.45, 7) is 1.95. The molecule has 0 radical (unpaired) electrons. The molecular weight excluding hydrogens is 276 g/mol. The number of aliphatic hydroxyl groups is 1. The number of carbonyl (C=O) groups is 1. The number of hydrogen-bond acceptors (Lipinski definition) is 7. The third-order valence-electron chi connectivity index (χ3n) is 2.81. The maximum Gasteiger partial charge on any atom is 0.378 e. The first kappa shape index (κ1) is 14.9. The van der Waals surface area contributed by atoms with Crippen LogP contribution < -0.4 is 4.74 Å². The van der Waals surface area contributed by atoms with Crippen molar-refractivity contribution in [3.8, 4) is 5.75 Å². The summed E-state index contributed by atoms with van der Waals surface area (Å²) < 4.78 is 11.2. The highest BCUT2D eigenvalue weighted by Crippen LogP contribution is 2.20. The van der Waals surface area contributed by atoms with Crippen LogP contribution in [0, 0.1) is 0 Å². The molecule has 1 heterocycles. The number of esters is 1. The molecule has 2 aromatic rings. The van der Waals surface area contributed by atoms with Crippen molar-refractivity contribution < 1.29 is 19.4 Å². The quantitative estimate of drug-likeness (QED) is 0.778. The fourth-order valence-electron chi connectivity index (χ4n) is 1.79. The number of carbonyl (C=O) groups excluding carboxylic acids is 1. The number of hydrogen-bond donors (Lipinski definition) is 1. The summed E-state index contributed by atoms with van der Waals surface area (Å²) in [6, 6.07) is 7.00. The van der Waals surface area contributed by atoms with E-state index in [-0.39, 0.29) is 19.0 Å². The minimum Gasteiger partial charge on any atom is -0.497 e. The average molecular weight is 292 g/mol. The van der Waals surface area contributed by atoms with Gasteiger partial charge in [-0.15, -0.1) is 5.10 Å². The van der Waals surface area contributed by atoms with E-state index in [1.807, 2.05) is 0 Å². The van der Waals surface area contributed by atoms with Crippen LogP contribution in [0.1, 0.15) is 29.2 Å². The van der Waals surface area contributed by atoms with E-state index in [0.29, 0.717) is 11.3 Å². The van der Waals surface area contributed by atoms with Crippen LogP contribution in [0.4, 0.5) is 0 Å². The molecule has 0 fully saturated rings. The molecule has 0 saturated carbocycles. The van der Waals surface area contributed by atoms with E-state index in [1.165, 1.54) is 4.68 Å². The summed E-state index contributed by atoms with van der Waals surface area (Å²) in [5.74, 6) is -0.0342. The summed E-state index contributed by atoms with van der Waals surface area (Å²) in [7, 11) is 1.55. The van der Waals surface area contributed by atoms with E-state index >= 15 is 0 Å². The number of tetrazole rings is 1. The zero-order chi connectivity index (χ0) is 15.2. The van der Waals surface area contributed by atoms with Gasteiger partial charge in [0, 0.05) is 0 Å². The molecule has 0 spiro atoms. The second-order valence-corrected chi connectivity index (χ2v) is 4.20. The molecule has 0 aliphatic heterocycles. The van der Waals surface area contributed by atoms with E-state index < -0.39 is 12.1 Å². The Kier molecular flexibility index (Phi) is 4.83. The molecule has 1 N–H and O–H groups in total. The lowest BCUT2D eigenvalue weighted by Gasteiger charge is -2.12. The van der Waals surface area contributed by atoms with Crippen molar-refractivity contribution >= 4 is 5.97 Å². The Balaban J connectivity index is 2.14. The SMILES string of the molecule is CCOC(=O)c1nnnn1CC(O)c1cccc(OC)c1. The average Bonchev–Trinajstić information content (AvgIpc) is 2.95. The van der Waals surface area contributed by atoms with Gasteiger partial charge >= 0.3 is 5.97 Å². The van der Waals surface area contributed by atoms with Crippen molar-refractivity contribution in [2.75, 3.05) is 13.7 Å². The minimum absolute atomic E-state index is 0.0360. The van der Waals surface area contributed by atoms with E-state index in [2.05, 4.69) is 15.5 Å². The Hall–Kier alpha value is -2.48. The maximum absolute atomic E-state index is 11.7. The summed E-state index contributed by atoms with van der Waals surface area (Å²) in [5, 5.41) is 21.0. The maximum atomic E-state index is 11.7. The molecule has 2 rings (SSSR count). The lowest BCUT2D eigenvalue weighted by molar-refractivity contribution is 0.0498. The molecule has 8 heteroatoms. The zero-order valence-corrected chi connectivity index (χ0v) is 11.8. The highest BCUT2D eigenvalue weighted by molar-refractivity contribution is 5.85. The van der Waals surface area contributed by atoms with E-state index in [1.54, 1.807) is 38.3 Å². The zero-order valence-electron chi connectivity index (χ0n) is 11.8. The first-order valence-electron chi connectivity index (χ1n) is 6.41. The first-order valence-corrected chi connectivity index (χ1v) is 6.41. The summed E-state index contributed by atoms with van der Waals surface area (Å²) >= 11 is 0. The second kappa shape index (κ2) is 6.80. The molecule has 0 saturated heterocycles. The van der Waals surface area contributed by atoms with Gasteiger partial charge in [-0.1, -0.05) is 12.1 Å². The van der Waals surface area contributed by atoms with Gasteiger partial charge in [0.25, 0.3) is 5.82 Å². The number of methoxy groups -OCH3 is 1. The number of rotatable bonds is 6. The van der Waals surface area contributed by atoms with Crippen LogP contribution in [0.5, 0.6) is 5.75 Å². The molecule has 0 amide bonds. The molecule has 8 nitrogen and oxygen atoms in total. The van der Waals surface area contributed by atoms with Gasteiger partial charge in [0.15, 0.2) is 0 Å². The molecule has 0 aliphatic carbocycles. The number of aliphatic hydroxyl groups excluding tert-OH is 1. The Morgan fingerprint density at radius 1 is 1.48 bits per heavy atom. The highest BCUT2D eigenvalue weighted by atomic mass is 16.5. The Morgan fingerprint density at radius 2 is 2.29 bits per heavy atom. The van der Waals surface area contributed by atoms with E-state index in [9.17, 15) is 9.90 Å². The van der Waals surface area contributed by atoms with Gasteiger partial charge < -0.3 is 14.6 Å². The van der Waals surface area contributed by atoms with Crippen LogP contribution in [-0.2, 0) is 11.3 Å². The van der Waals surface area contributed by atoms with Gasteiger partial charge in [-0.05, 0) is 35.0 Å². The summed E-state index contributed by atoms with van der Waals surface area (Å²) in [5.41, 5.74) is 0.639. The molecular formula is C13H16N4O4. The molecule has 1 atom stereocenters. The molecule has 0 aliphatic rings. The second-order valence-electron chi connectivity index (χ2n) is 4.20. The monoisotopic (exact) mass is 292 g/mol. The predicted molar refractivity (Wildman–Crippen MR) is 71.7 cm³/mol. The minimum atomic E-state index is -0.878. The Morgan fingerprint density at radius 3 is 3.00 bits per heavy atom. The van der Waals surface area contributed by atoms with Gasteiger partial charge in [0.05, 0.1) is 26.4 Å². The summed E-state index contributed by atoms with van der Waals surface area (Å²) in [4.78, 5) is 11.7. The fraction of sp³-hybridized carbons (Fsp3) is 0.385. The van der Waals surface area contributed by atoms with Crippen LogP contribution in [0.3, 0.4) is 0 Å². The van der Waals surface area contributed by atoms with Crippen molar-refractivity contribution in [1.82, 2.24) is 20.2 Å². The highest BCUT2D eigenvalue weighted by Gasteiger charge is 2.19. The largest absolute Gasteiger partial charge is 0.497 e.